The molecule has 1 unspecified atom stereocenters. The highest BCUT2D eigenvalue weighted by Crippen LogP contribution is 2.60. The SMILES string of the molecule is CC(NC(=O)[C@H]1C[C@@]12CCOc1ccc(F)cc12)c1nnc2n1CCCC2. The van der Waals surface area contributed by atoms with Gasteiger partial charge in [-0.2, -0.15) is 0 Å². The molecule has 1 amide bonds. The van der Waals surface area contributed by atoms with Crippen LogP contribution in [-0.2, 0) is 23.2 Å². The van der Waals surface area contributed by atoms with Gasteiger partial charge >= 0.3 is 0 Å². The van der Waals surface area contributed by atoms with E-state index in [1.807, 2.05) is 6.92 Å². The lowest BCUT2D eigenvalue weighted by Crippen LogP contribution is -2.34. The van der Waals surface area contributed by atoms with Gasteiger partial charge in [0.1, 0.15) is 17.4 Å². The Balaban J connectivity index is 1.34. The maximum Gasteiger partial charge on any atom is 0.224 e. The molecule has 1 aromatic heterocycles. The summed E-state index contributed by atoms with van der Waals surface area (Å²) in [5, 5.41) is 11.7. The predicted octanol–water partition coefficient (Wildman–Crippen LogP) is 2.67. The quantitative estimate of drug-likeness (QED) is 0.902. The zero-order valence-electron chi connectivity index (χ0n) is 15.4. The molecule has 6 nitrogen and oxygen atoms in total. The number of carbonyl (C=O) groups excluding carboxylic acids is 1. The van der Waals surface area contributed by atoms with E-state index in [4.69, 9.17) is 4.74 Å². The van der Waals surface area contributed by atoms with Crippen LogP contribution in [0.1, 0.15) is 55.9 Å². The van der Waals surface area contributed by atoms with E-state index >= 15 is 0 Å². The van der Waals surface area contributed by atoms with Crippen LogP contribution < -0.4 is 10.1 Å². The smallest absolute Gasteiger partial charge is 0.224 e. The third-order valence-corrected chi connectivity index (χ3v) is 6.31. The topological polar surface area (TPSA) is 69.0 Å². The number of ether oxygens (including phenoxy) is 1. The molecule has 2 aromatic rings. The first-order valence-electron chi connectivity index (χ1n) is 9.74. The van der Waals surface area contributed by atoms with E-state index in [0.29, 0.717) is 12.4 Å². The Morgan fingerprint density at radius 3 is 3.19 bits per heavy atom. The predicted molar refractivity (Wildman–Crippen MR) is 95.8 cm³/mol. The van der Waals surface area contributed by atoms with E-state index < -0.39 is 0 Å². The summed E-state index contributed by atoms with van der Waals surface area (Å²) in [6.07, 6.45) is 4.69. The minimum Gasteiger partial charge on any atom is -0.493 e. The molecule has 1 spiro atoms. The van der Waals surface area contributed by atoms with Crippen molar-refractivity contribution in [1.29, 1.82) is 0 Å². The van der Waals surface area contributed by atoms with Gasteiger partial charge in [0, 0.05) is 29.9 Å². The number of hydrogen-bond donors (Lipinski definition) is 1. The van der Waals surface area contributed by atoms with Crippen LogP contribution in [0.2, 0.25) is 0 Å². The van der Waals surface area contributed by atoms with E-state index in [9.17, 15) is 9.18 Å². The number of carbonyl (C=O) groups is 1. The zero-order chi connectivity index (χ0) is 18.6. The Morgan fingerprint density at radius 1 is 1.41 bits per heavy atom. The summed E-state index contributed by atoms with van der Waals surface area (Å²) >= 11 is 0. The van der Waals surface area contributed by atoms with Gasteiger partial charge in [-0.05, 0) is 50.8 Å². The first-order chi connectivity index (χ1) is 13.1. The maximum atomic E-state index is 13.8. The molecule has 2 aliphatic heterocycles. The fourth-order valence-corrected chi connectivity index (χ4v) is 4.75. The number of amides is 1. The number of aryl methyl sites for hydroxylation is 1. The largest absolute Gasteiger partial charge is 0.493 e. The minimum absolute atomic E-state index is 0.00720. The second-order valence-electron chi connectivity index (χ2n) is 7.97. The fourth-order valence-electron chi connectivity index (χ4n) is 4.75. The molecular formula is C20H23FN4O2. The summed E-state index contributed by atoms with van der Waals surface area (Å²) in [5.41, 5.74) is 0.547. The Morgan fingerprint density at radius 2 is 2.30 bits per heavy atom. The normalized spacial score (nSPS) is 26.7. The van der Waals surface area contributed by atoms with Gasteiger partial charge in [-0.1, -0.05) is 0 Å². The van der Waals surface area contributed by atoms with Gasteiger partial charge in [0.05, 0.1) is 12.6 Å². The third-order valence-electron chi connectivity index (χ3n) is 6.31. The van der Waals surface area contributed by atoms with Crippen LogP contribution in [0.4, 0.5) is 4.39 Å². The number of hydrogen-bond acceptors (Lipinski definition) is 4. The molecule has 27 heavy (non-hydrogen) atoms. The first-order valence-corrected chi connectivity index (χ1v) is 9.74. The van der Waals surface area contributed by atoms with Crippen molar-refractivity contribution in [3.05, 3.63) is 41.2 Å². The fraction of sp³-hybridized carbons (Fsp3) is 0.550. The molecule has 7 heteroatoms. The maximum absolute atomic E-state index is 13.8. The molecule has 3 heterocycles. The number of halogens is 1. The third kappa shape index (κ3) is 2.63. The van der Waals surface area contributed by atoms with Crippen LogP contribution >= 0.6 is 0 Å². The number of nitrogens with zero attached hydrogens (tertiary/aromatic N) is 3. The highest BCUT2D eigenvalue weighted by Gasteiger charge is 2.61. The Hall–Kier alpha value is -2.44. The van der Waals surface area contributed by atoms with Crippen molar-refractivity contribution in [2.45, 2.75) is 57.0 Å². The molecule has 142 valence electrons. The Kier molecular flexibility index (Phi) is 3.74. The summed E-state index contributed by atoms with van der Waals surface area (Å²) in [7, 11) is 0. The van der Waals surface area contributed by atoms with E-state index in [2.05, 4.69) is 20.1 Å². The van der Waals surface area contributed by atoms with Gasteiger partial charge < -0.3 is 14.6 Å². The van der Waals surface area contributed by atoms with Crippen LogP contribution in [0.15, 0.2) is 18.2 Å². The number of rotatable bonds is 3. The summed E-state index contributed by atoms with van der Waals surface area (Å²) < 4.78 is 21.6. The van der Waals surface area contributed by atoms with E-state index in [-0.39, 0.29) is 29.1 Å². The molecule has 0 bridgehead atoms. The second kappa shape index (κ2) is 6.04. The van der Waals surface area contributed by atoms with E-state index in [1.165, 1.54) is 12.1 Å². The van der Waals surface area contributed by atoms with E-state index in [0.717, 1.165) is 55.9 Å². The van der Waals surface area contributed by atoms with Crippen molar-refractivity contribution in [2.75, 3.05) is 6.61 Å². The first kappa shape index (κ1) is 16.7. The lowest BCUT2D eigenvalue weighted by atomic mass is 9.87. The van der Waals surface area contributed by atoms with Crippen LogP contribution in [0.5, 0.6) is 5.75 Å². The molecule has 3 aliphatic rings. The molecule has 0 saturated heterocycles. The van der Waals surface area contributed by atoms with Gasteiger partial charge in [-0.15, -0.1) is 10.2 Å². The van der Waals surface area contributed by atoms with Crippen LogP contribution in [-0.4, -0.2) is 27.3 Å². The lowest BCUT2D eigenvalue weighted by molar-refractivity contribution is -0.123. The standard InChI is InChI=1S/C20H23FN4O2/c1-12(18-24-23-17-4-2-3-8-25(17)18)22-19(26)15-11-20(15)7-9-27-16-6-5-13(21)10-14(16)20/h5-6,10,12,15H,2-4,7-9,11H2,1H3,(H,22,26)/t12?,15-,20-/m1/s1. The molecule has 1 N–H and O–H groups in total. The molecule has 5 rings (SSSR count). The molecule has 1 fully saturated rings. The van der Waals surface area contributed by atoms with E-state index in [1.54, 1.807) is 6.07 Å². The molecule has 1 aliphatic carbocycles. The molecule has 3 atom stereocenters. The van der Waals surface area contributed by atoms with Crippen molar-refractivity contribution in [3.8, 4) is 5.75 Å². The monoisotopic (exact) mass is 370 g/mol. The highest BCUT2D eigenvalue weighted by molar-refractivity contribution is 5.85. The van der Waals surface area contributed by atoms with Gasteiger partial charge in [0.25, 0.3) is 0 Å². The van der Waals surface area contributed by atoms with Crippen molar-refractivity contribution in [3.63, 3.8) is 0 Å². The number of nitrogens with one attached hydrogen (secondary N) is 1. The number of aromatic nitrogens is 3. The second-order valence-corrected chi connectivity index (χ2v) is 7.97. The molecule has 1 aromatic carbocycles. The average Bonchev–Trinajstić information content (AvgIpc) is 3.21. The zero-order valence-corrected chi connectivity index (χ0v) is 15.4. The van der Waals surface area contributed by atoms with Gasteiger partial charge in [-0.25, -0.2) is 4.39 Å². The van der Waals surface area contributed by atoms with Gasteiger partial charge in [0.15, 0.2) is 5.82 Å². The summed E-state index contributed by atoms with van der Waals surface area (Å²) in [6, 6.07) is 4.41. The Bertz CT molecular complexity index is 911. The average molecular weight is 370 g/mol. The molecule has 0 radical (unpaired) electrons. The summed E-state index contributed by atoms with van der Waals surface area (Å²) in [4.78, 5) is 12.9. The van der Waals surface area contributed by atoms with Crippen LogP contribution in [0, 0.1) is 11.7 Å². The van der Waals surface area contributed by atoms with Crippen molar-refractivity contribution in [1.82, 2.24) is 20.1 Å². The van der Waals surface area contributed by atoms with Crippen molar-refractivity contribution >= 4 is 5.91 Å². The summed E-state index contributed by atoms with van der Waals surface area (Å²) in [6.45, 7) is 3.43. The number of benzene rings is 1. The number of fused-ring (bicyclic) bond motifs is 3. The van der Waals surface area contributed by atoms with Gasteiger partial charge in [0.2, 0.25) is 5.91 Å². The Labute approximate surface area is 157 Å². The van der Waals surface area contributed by atoms with Crippen molar-refractivity contribution < 1.29 is 13.9 Å². The highest BCUT2D eigenvalue weighted by atomic mass is 19.1. The van der Waals surface area contributed by atoms with Crippen LogP contribution in [0.25, 0.3) is 0 Å². The molecular weight excluding hydrogens is 347 g/mol. The lowest BCUT2D eigenvalue weighted by Gasteiger charge is -2.27. The van der Waals surface area contributed by atoms with Gasteiger partial charge in [-0.3, -0.25) is 4.79 Å². The van der Waals surface area contributed by atoms with Crippen LogP contribution in [0.3, 0.4) is 0 Å². The minimum atomic E-state index is -0.288. The summed E-state index contributed by atoms with van der Waals surface area (Å²) in [5.74, 6) is 2.12. The molecule has 1 saturated carbocycles. The van der Waals surface area contributed by atoms with Crippen molar-refractivity contribution in [2.24, 2.45) is 5.92 Å².